The fraction of sp³-hybridized carbons (Fsp3) is 0.833. The van der Waals surface area contributed by atoms with E-state index in [2.05, 4.69) is 4.74 Å². The number of hydrogen-bond donors (Lipinski definition) is 1. The number of carbonyl (C=O) groups excluding carboxylic acids is 1. The van der Waals surface area contributed by atoms with Crippen molar-refractivity contribution in [2.75, 3.05) is 6.61 Å². The molecule has 0 heterocycles. The van der Waals surface area contributed by atoms with Crippen LogP contribution in [0.1, 0.15) is 13.8 Å². The molecule has 1 atom stereocenters. The number of nitrogens with two attached hydrogens (primary N) is 1. The number of carbonyl (C=O) groups is 1. The molecule has 5 heteroatoms. The minimum Gasteiger partial charge on any atom is -0.462 e. The summed E-state index contributed by atoms with van der Waals surface area (Å²) in [5.41, 5.74) is 4.85. The molecule has 0 amide bonds. The smallest absolute Gasteiger partial charge is 0.378 e. The molecule has 0 spiro atoms. The summed E-state index contributed by atoms with van der Waals surface area (Å²) in [5.74, 6) is -5.13. The lowest BCUT2D eigenvalue weighted by Gasteiger charge is -2.17. The molecule has 0 rings (SSSR count). The Balaban J connectivity index is 4.18. The quantitative estimate of drug-likeness (QED) is 0.624. The van der Waals surface area contributed by atoms with Crippen molar-refractivity contribution in [3.8, 4) is 0 Å². The maximum Gasteiger partial charge on any atom is 0.378 e. The van der Waals surface area contributed by atoms with Gasteiger partial charge < -0.3 is 10.5 Å². The number of hydrogen-bond acceptors (Lipinski definition) is 3. The van der Waals surface area contributed by atoms with Gasteiger partial charge in [0.15, 0.2) is 0 Å². The van der Waals surface area contributed by atoms with Gasteiger partial charge in [0.1, 0.15) is 0 Å². The molecule has 0 aromatic carbocycles. The van der Waals surface area contributed by atoms with Gasteiger partial charge in [0.2, 0.25) is 0 Å². The van der Waals surface area contributed by atoms with E-state index in [-0.39, 0.29) is 6.61 Å². The van der Waals surface area contributed by atoms with Gasteiger partial charge in [-0.05, 0) is 13.8 Å². The van der Waals surface area contributed by atoms with E-state index in [1.807, 2.05) is 0 Å². The van der Waals surface area contributed by atoms with Crippen molar-refractivity contribution in [1.82, 2.24) is 0 Å². The van der Waals surface area contributed by atoms with Crippen LogP contribution in [0.5, 0.6) is 0 Å². The SMILES string of the molecule is CCOC(=O)C(F)(F)[C@H](C)N. The zero-order chi connectivity index (χ0) is 9.07. The molecule has 0 bridgehead atoms. The Morgan fingerprint density at radius 1 is 1.73 bits per heavy atom. The second kappa shape index (κ2) is 3.61. The van der Waals surface area contributed by atoms with E-state index in [1.54, 1.807) is 0 Å². The number of alkyl halides is 2. The monoisotopic (exact) mass is 167 g/mol. The van der Waals surface area contributed by atoms with Gasteiger partial charge in [0.25, 0.3) is 0 Å². The summed E-state index contributed by atoms with van der Waals surface area (Å²) < 4.78 is 29.2. The van der Waals surface area contributed by atoms with Crippen LogP contribution in [0.2, 0.25) is 0 Å². The predicted octanol–water partition coefficient (Wildman–Crippen LogP) is 0.532. The van der Waals surface area contributed by atoms with Crippen LogP contribution in [-0.4, -0.2) is 24.5 Å². The molecular formula is C6H11F2NO2. The van der Waals surface area contributed by atoms with Crippen molar-refractivity contribution in [3.63, 3.8) is 0 Å². The van der Waals surface area contributed by atoms with Crippen LogP contribution in [-0.2, 0) is 9.53 Å². The first-order chi connectivity index (χ1) is 4.92. The van der Waals surface area contributed by atoms with E-state index in [0.29, 0.717) is 0 Å². The molecule has 0 aliphatic heterocycles. The van der Waals surface area contributed by atoms with Crippen molar-refractivity contribution in [3.05, 3.63) is 0 Å². The standard InChI is InChI=1S/C6H11F2NO2/c1-3-11-5(10)6(7,8)4(2)9/h4H,3,9H2,1-2H3/t4-/m0/s1. The number of halogens is 2. The van der Waals surface area contributed by atoms with E-state index in [4.69, 9.17) is 5.73 Å². The second-order valence-electron chi connectivity index (χ2n) is 2.13. The number of esters is 1. The van der Waals surface area contributed by atoms with Gasteiger partial charge in [-0.15, -0.1) is 0 Å². The Bertz CT molecular complexity index is 148. The molecule has 0 unspecified atom stereocenters. The first-order valence-corrected chi connectivity index (χ1v) is 3.23. The first-order valence-electron chi connectivity index (χ1n) is 3.23. The summed E-state index contributed by atoms with van der Waals surface area (Å²) in [6, 6.07) is -1.51. The maximum absolute atomic E-state index is 12.5. The summed E-state index contributed by atoms with van der Waals surface area (Å²) in [6.07, 6.45) is 0. The minimum absolute atomic E-state index is 0.0683. The largest absolute Gasteiger partial charge is 0.462 e. The van der Waals surface area contributed by atoms with Crippen LogP contribution in [0, 0.1) is 0 Å². The highest BCUT2D eigenvalue weighted by Crippen LogP contribution is 2.18. The first kappa shape index (κ1) is 10.3. The predicted molar refractivity (Wildman–Crippen MR) is 35.2 cm³/mol. The van der Waals surface area contributed by atoms with Crippen LogP contribution in [0.3, 0.4) is 0 Å². The molecule has 3 nitrogen and oxygen atoms in total. The molecule has 0 fully saturated rings. The zero-order valence-electron chi connectivity index (χ0n) is 6.43. The summed E-state index contributed by atoms with van der Waals surface area (Å²) in [4.78, 5) is 10.5. The third-order valence-electron chi connectivity index (χ3n) is 1.12. The third-order valence-corrected chi connectivity index (χ3v) is 1.12. The molecular weight excluding hydrogens is 156 g/mol. The van der Waals surface area contributed by atoms with Crippen molar-refractivity contribution in [2.45, 2.75) is 25.8 Å². The van der Waals surface area contributed by atoms with Gasteiger partial charge in [-0.25, -0.2) is 4.79 Å². The Morgan fingerprint density at radius 2 is 2.18 bits per heavy atom. The average molecular weight is 167 g/mol. The van der Waals surface area contributed by atoms with E-state index in [1.165, 1.54) is 6.92 Å². The van der Waals surface area contributed by atoms with E-state index in [0.717, 1.165) is 6.92 Å². The van der Waals surface area contributed by atoms with E-state index < -0.39 is 17.9 Å². The van der Waals surface area contributed by atoms with Crippen molar-refractivity contribution in [1.29, 1.82) is 0 Å². The molecule has 0 aliphatic carbocycles. The van der Waals surface area contributed by atoms with Crippen LogP contribution >= 0.6 is 0 Å². The van der Waals surface area contributed by atoms with E-state index >= 15 is 0 Å². The van der Waals surface area contributed by atoms with Gasteiger partial charge in [-0.3, -0.25) is 0 Å². The Labute approximate surface area is 63.5 Å². The highest BCUT2D eigenvalue weighted by Gasteiger charge is 2.44. The lowest BCUT2D eigenvalue weighted by Crippen LogP contribution is -2.46. The van der Waals surface area contributed by atoms with Crippen LogP contribution in [0.15, 0.2) is 0 Å². The highest BCUT2D eigenvalue weighted by molar-refractivity contribution is 5.78. The van der Waals surface area contributed by atoms with Crippen LogP contribution in [0.4, 0.5) is 8.78 Å². The molecule has 0 aromatic heterocycles. The molecule has 2 N–H and O–H groups in total. The zero-order valence-corrected chi connectivity index (χ0v) is 6.43. The van der Waals surface area contributed by atoms with E-state index in [9.17, 15) is 13.6 Å². The molecule has 0 aromatic rings. The summed E-state index contributed by atoms with van der Waals surface area (Å²) in [7, 11) is 0. The maximum atomic E-state index is 12.5. The Kier molecular flexibility index (Phi) is 3.38. The molecule has 0 aliphatic rings. The molecule has 0 radical (unpaired) electrons. The topological polar surface area (TPSA) is 52.3 Å². The normalized spacial score (nSPS) is 14.3. The van der Waals surface area contributed by atoms with Crippen molar-refractivity contribution in [2.24, 2.45) is 5.73 Å². The highest BCUT2D eigenvalue weighted by atomic mass is 19.3. The average Bonchev–Trinajstić information content (AvgIpc) is 1.88. The van der Waals surface area contributed by atoms with Gasteiger partial charge in [0, 0.05) is 0 Å². The summed E-state index contributed by atoms with van der Waals surface area (Å²) in [5, 5.41) is 0. The van der Waals surface area contributed by atoms with Gasteiger partial charge >= 0.3 is 11.9 Å². The Hall–Kier alpha value is -0.710. The van der Waals surface area contributed by atoms with Crippen LogP contribution < -0.4 is 5.73 Å². The molecule has 66 valence electrons. The molecule has 0 saturated heterocycles. The van der Waals surface area contributed by atoms with Crippen LogP contribution in [0.25, 0.3) is 0 Å². The third kappa shape index (κ3) is 2.42. The Morgan fingerprint density at radius 3 is 2.45 bits per heavy atom. The van der Waals surface area contributed by atoms with Gasteiger partial charge in [0.05, 0.1) is 12.6 Å². The number of ether oxygens (including phenoxy) is 1. The van der Waals surface area contributed by atoms with Crippen molar-refractivity contribution >= 4 is 5.97 Å². The van der Waals surface area contributed by atoms with Gasteiger partial charge in [-0.2, -0.15) is 8.78 Å². The summed E-state index contributed by atoms with van der Waals surface area (Å²) >= 11 is 0. The van der Waals surface area contributed by atoms with Gasteiger partial charge in [-0.1, -0.05) is 0 Å². The fourth-order valence-electron chi connectivity index (χ4n) is 0.413. The summed E-state index contributed by atoms with van der Waals surface area (Å²) in [6.45, 7) is 2.44. The molecule has 11 heavy (non-hydrogen) atoms. The number of rotatable bonds is 3. The van der Waals surface area contributed by atoms with Crippen molar-refractivity contribution < 1.29 is 18.3 Å². The molecule has 0 saturated carbocycles. The lowest BCUT2D eigenvalue weighted by atomic mass is 10.2. The lowest BCUT2D eigenvalue weighted by molar-refractivity contribution is -0.173. The fourth-order valence-corrected chi connectivity index (χ4v) is 0.413. The minimum atomic E-state index is -3.57. The second-order valence-corrected chi connectivity index (χ2v) is 2.13.